The maximum atomic E-state index is 13.1. The van der Waals surface area contributed by atoms with Crippen molar-refractivity contribution in [3.8, 4) is 0 Å². The van der Waals surface area contributed by atoms with E-state index in [1.807, 2.05) is 57.1 Å². The molecular formula is C21H29N3O4. The van der Waals surface area contributed by atoms with Gasteiger partial charge in [0.2, 0.25) is 11.8 Å². The number of carbonyl (C=O) groups is 3. The Balaban J connectivity index is 2.11. The molecule has 152 valence electrons. The van der Waals surface area contributed by atoms with Crippen molar-refractivity contribution in [3.05, 3.63) is 29.8 Å². The summed E-state index contributed by atoms with van der Waals surface area (Å²) in [6.45, 7) is 5.72. The highest BCUT2D eigenvalue weighted by molar-refractivity contribution is 6.09. The van der Waals surface area contributed by atoms with E-state index in [0.29, 0.717) is 0 Å². The van der Waals surface area contributed by atoms with Gasteiger partial charge in [0.1, 0.15) is 5.54 Å². The van der Waals surface area contributed by atoms with E-state index in [9.17, 15) is 14.4 Å². The van der Waals surface area contributed by atoms with Crippen LogP contribution >= 0.6 is 0 Å². The van der Waals surface area contributed by atoms with Crippen molar-refractivity contribution in [3.63, 3.8) is 0 Å². The predicted octanol–water partition coefficient (Wildman–Crippen LogP) is 1.59. The third-order valence-electron chi connectivity index (χ3n) is 6.11. The Labute approximate surface area is 166 Å². The summed E-state index contributed by atoms with van der Waals surface area (Å²) < 4.78 is 5.36. The van der Waals surface area contributed by atoms with Crippen molar-refractivity contribution < 1.29 is 19.1 Å². The second-order valence-electron chi connectivity index (χ2n) is 8.09. The molecule has 2 amide bonds. The van der Waals surface area contributed by atoms with Crippen LogP contribution in [0.2, 0.25) is 0 Å². The van der Waals surface area contributed by atoms with Gasteiger partial charge in [-0.2, -0.15) is 0 Å². The van der Waals surface area contributed by atoms with Gasteiger partial charge in [-0.3, -0.25) is 24.6 Å². The molecule has 3 rings (SSSR count). The molecule has 2 fully saturated rings. The Morgan fingerprint density at radius 3 is 2.32 bits per heavy atom. The second kappa shape index (κ2) is 7.20. The van der Waals surface area contributed by atoms with Gasteiger partial charge in [-0.1, -0.05) is 26.0 Å². The molecule has 7 nitrogen and oxygen atoms in total. The van der Waals surface area contributed by atoms with Gasteiger partial charge >= 0.3 is 5.97 Å². The van der Waals surface area contributed by atoms with E-state index in [0.717, 1.165) is 16.2 Å². The largest absolute Gasteiger partial charge is 0.465 e. The average Bonchev–Trinajstić information content (AvgIpc) is 3.13. The van der Waals surface area contributed by atoms with Crippen LogP contribution in [-0.2, 0) is 19.1 Å². The van der Waals surface area contributed by atoms with Crippen molar-refractivity contribution in [2.75, 3.05) is 32.6 Å². The molecule has 1 aromatic rings. The molecule has 1 aromatic carbocycles. The van der Waals surface area contributed by atoms with Crippen molar-refractivity contribution in [1.82, 2.24) is 10.2 Å². The van der Waals surface area contributed by atoms with Gasteiger partial charge in [0.15, 0.2) is 0 Å². The number of nitrogens with zero attached hydrogens (tertiary/aromatic N) is 2. The van der Waals surface area contributed by atoms with Crippen molar-refractivity contribution >= 4 is 23.5 Å². The van der Waals surface area contributed by atoms with Crippen molar-refractivity contribution in [1.29, 1.82) is 0 Å². The lowest BCUT2D eigenvalue weighted by Crippen LogP contribution is -2.59. The lowest BCUT2D eigenvalue weighted by molar-refractivity contribution is -0.158. The highest BCUT2D eigenvalue weighted by Gasteiger charge is 2.69. The van der Waals surface area contributed by atoms with E-state index in [1.165, 1.54) is 7.05 Å². The van der Waals surface area contributed by atoms with Crippen LogP contribution in [0.1, 0.15) is 32.4 Å². The van der Waals surface area contributed by atoms with E-state index in [-0.39, 0.29) is 24.3 Å². The smallest absolute Gasteiger partial charge is 0.327 e. The summed E-state index contributed by atoms with van der Waals surface area (Å²) in [6, 6.07) is 7.39. The number of nitrogens with one attached hydrogen (secondary N) is 1. The second-order valence-corrected chi connectivity index (χ2v) is 8.09. The molecule has 0 radical (unpaired) electrons. The fourth-order valence-electron chi connectivity index (χ4n) is 4.56. The zero-order valence-corrected chi connectivity index (χ0v) is 17.4. The first-order valence-corrected chi connectivity index (χ1v) is 9.70. The molecule has 2 heterocycles. The Hall–Kier alpha value is -2.41. The van der Waals surface area contributed by atoms with Gasteiger partial charge in [-0.15, -0.1) is 0 Å². The Bertz CT molecular complexity index is 789. The summed E-state index contributed by atoms with van der Waals surface area (Å²) in [5, 5.41) is 3.38. The molecule has 0 aromatic heterocycles. The van der Waals surface area contributed by atoms with E-state index >= 15 is 0 Å². The molecule has 1 N–H and O–H groups in total. The summed E-state index contributed by atoms with van der Waals surface area (Å²) in [7, 11) is 5.40. The fraction of sp³-hybridized carbons (Fsp3) is 0.571. The van der Waals surface area contributed by atoms with E-state index in [1.54, 1.807) is 6.92 Å². The molecule has 4 atom stereocenters. The number of esters is 1. The zero-order chi connectivity index (χ0) is 20.8. The quantitative estimate of drug-likeness (QED) is 0.611. The molecule has 28 heavy (non-hydrogen) atoms. The normalized spacial score (nSPS) is 29.4. The molecule has 0 spiro atoms. The Kier molecular flexibility index (Phi) is 5.23. The third kappa shape index (κ3) is 2.80. The summed E-state index contributed by atoms with van der Waals surface area (Å²) in [6.07, 6.45) is 0. The van der Waals surface area contributed by atoms with E-state index in [4.69, 9.17) is 4.74 Å². The summed E-state index contributed by atoms with van der Waals surface area (Å²) in [4.78, 5) is 42.2. The predicted molar refractivity (Wildman–Crippen MR) is 106 cm³/mol. The molecular weight excluding hydrogens is 358 g/mol. The van der Waals surface area contributed by atoms with Crippen LogP contribution in [0.25, 0.3) is 0 Å². The van der Waals surface area contributed by atoms with Crippen LogP contribution < -0.4 is 10.2 Å². The lowest BCUT2D eigenvalue weighted by Gasteiger charge is -2.36. The SMILES string of the molecule is CCOC(=O)[C@]1(C(C)C)N[C@H](c2ccc(N(C)C)cc2)[C@H]2C(=O)N(C)C(=O)[C@@H]21. The van der Waals surface area contributed by atoms with E-state index < -0.39 is 29.4 Å². The number of ether oxygens (including phenoxy) is 1. The first-order chi connectivity index (χ1) is 13.2. The van der Waals surface area contributed by atoms with Gasteiger partial charge in [0.05, 0.1) is 18.4 Å². The number of benzene rings is 1. The van der Waals surface area contributed by atoms with E-state index in [2.05, 4.69) is 5.32 Å². The third-order valence-corrected chi connectivity index (χ3v) is 6.11. The van der Waals surface area contributed by atoms with Gasteiger partial charge in [-0.05, 0) is 30.5 Å². The molecule has 2 saturated heterocycles. The van der Waals surface area contributed by atoms with Crippen molar-refractivity contribution in [2.24, 2.45) is 17.8 Å². The van der Waals surface area contributed by atoms with Crippen LogP contribution in [0.4, 0.5) is 5.69 Å². The lowest BCUT2D eigenvalue weighted by atomic mass is 9.73. The number of imide groups is 1. The number of carbonyl (C=O) groups excluding carboxylic acids is 3. The Morgan fingerprint density at radius 2 is 1.82 bits per heavy atom. The number of amides is 2. The summed E-state index contributed by atoms with van der Waals surface area (Å²) in [5.74, 6) is -2.68. The number of hydrogen-bond donors (Lipinski definition) is 1. The summed E-state index contributed by atoms with van der Waals surface area (Å²) >= 11 is 0. The fourth-order valence-corrected chi connectivity index (χ4v) is 4.56. The minimum Gasteiger partial charge on any atom is -0.465 e. The van der Waals surface area contributed by atoms with Crippen LogP contribution in [0, 0.1) is 17.8 Å². The molecule has 0 bridgehead atoms. The monoisotopic (exact) mass is 387 g/mol. The molecule has 2 aliphatic heterocycles. The number of hydrogen-bond acceptors (Lipinski definition) is 6. The van der Waals surface area contributed by atoms with Crippen LogP contribution in [0.3, 0.4) is 0 Å². The number of fused-ring (bicyclic) bond motifs is 1. The van der Waals surface area contributed by atoms with Crippen molar-refractivity contribution in [2.45, 2.75) is 32.4 Å². The van der Waals surface area contributed by atoms with Gasteiger partial charge in [-0.25, -0.2) is 0 Å². The Morgan fingerprint density at radius 1 is 1.21 bits per heavy atom. The number of anilines is 1. The average molecular weight is 387 g/mol. The van der Waals surface area contributed by atoms with Crippen LogP contribution in [0.15, 0.2) is 24.3 Å². The van der Waals surface area contributed by atoms with Gasteiger partial charge < -0.3 is 9.64 Å². The first-order valence-electron chi connectivity index (χ1n) is 9.70. The topological polar surface area (TPSA) is 79.0 Å². The molecule has 7 heteroatoms. The molecule has 0 unspecified atom stereocenters. The number of rotatable bonds is 5. The molecule has 0 saturated carbocycles. The first kappa shape index (κ1) is 20.3. The van der Waals surface area contributed by atoms with Gasteiger partial charge in [0.25, 0.3) is 0 Å². The standard InChI is InChI=1S/C21H29N3O4/c1-7-28-20(27)21(12(2)3)16-15(18(25)24(6)19(16)26)17(22-21)13-8-10-14(11-9-13)23(4)5/h8-12,15-17,22H,7H2,1-6H3/t15-,16+,17+,21+/m0/s1. The minimum atomic E-state index is -1.23. The molecule has 0 aliphatic carbocycles. The maximum absolute atomic E-state index is 13.1. The highest BCUT2D eigenvalue weighted by atomic mass is 16.5. The van der Waals surface area contributed by atoms with Crippen LogP contribution in [-0.4, -0.2) is 56.0 Å². The minimum absolute atomic E-state index is 0.215. The van der Waals surface area contributed by atoms with Crippen LogP contribution in [0.5, 0.6) is 0 Å². The highest BCUT2D eigenvalue weighted by Crippen LogP contribution is 2.51. The van der Waals surface area contributed by atoms with Gasteiger partial charge in [0, 0.05) is 32.9 Å². The zero-order valence-electron chi connectivity index (χ0n) is 17.4. The molecule has 2 aliphatic rings. The number of likely N-dealkylation sites (tertiary alicyclic amines) is 1. The summed E-state index contributed by atoms with van der Waals surface area (Å²) in [5.41, 5.74) is 0.678. The maximum Gasteiger partial charge on any atom is 0.327 e.